The predicted octanol–water partition coefficient (Wildman–Crippen LogP) is 9.37. The minimum Gasteiger partial charge on any atom is -0.339 e. The Bertz CT molecular complexity index is 1640. The van der Waals surface area contributed by atoms with Crippen LogP contribution in [0.3, 0.4) is 0 Å². The normalized spacial score (nSPS) is 13.2. The van der Waals surface area contributed by atoms with Crippen LogP contribution >= 0.6 is 0 Å². The molecular formula is C34H27F2N. The molecule has 3 heteroatoms. The molecule has 1 nitrogen and oxygen atoms in total. The van der Waals surface area contributed by atoms with Crippen LogP contribution in [0, 0.1) is 11.6 Å². The molecule has 0 bridgehead atoms. The zero-order valence-corrected chi connectivity index (χ0v) is 21.1. The first-order valence-electron chi connectivity index (χ1n) is 12.5. The van der Waals surface area contributed by atoms with Gasteiger partial charge in [-0.3, -0.25) is 0 Å². The van der Waals surface area contributed by atoms with Gasteiger partial charge in [-0.25, -0.2) is 8.78 Å². The number of nitrogens with zero attached hydrogens (tertiary/aromatic N) is 1. The molecule has 37 heavy (non-hydrogen) atoms. The van der Waals surface area contributed by atoms with E-state index in [-0.39, 0.29) is 11.2 Å². The van der Waals surface area contributed by atoms with Gasteiger partial charge in [0, 0.05) is 23.6 Å². The molecule has 0 saturated carbocycles. The van der Waals surface area contributed by atoms with Gasteiger partial charge in [0.05, 0.1) is 11.4 Å². The van der Waals surface area contributed by atoms with Gasteiger partial charge in [-0.15, -0.1) is 0 Å². The summed E-state index contributed by atoms with van der Waals surface area (Å²) < 4.78 is 31.6. The topological polar surface area (TPSA) is 3.24 Å². The zero-order chi connectivity index (χ0) is 25.7. The van der Waals surface area contributed by atoms with Crippen molar-refractivity contribution in [3.8, 4) is 33.4 Å². The van der Waals surface area contributed by atoms with Crippen molar-refractivity contribution in [3.05, 3.63) is 132 Å². The van der Waals surface area contributed by atoms with Crippen LogP contribution in [0.2, 0.25) is 0 Å². The molecule has 0 atom stereocenters. The molecule has 182 valence electrons. The number of hydrogen-bond acceptors (Lipinski definition) is 1. The summed E-state index contributed by atoms with van der Waals surface area (Å²) >= 11 is 0. The second-order valence-corrected chi connectivity index (χ2v) is 10.1. The third-order valence-electron chi connectivity index (χ3n) is 7.62. The van der Waals surface area contributed by atoms with E-state index in [1.807, 2.05) is 48.5 Å². The van der Waals surface area contributed by atoms with Gasteiger partial charge in [-0.1, -0.05) is 111 Å². The number of hydrogen-bond donors (Lipinski definition) is 0. The second kappa shape index (κ2) is 8.70. The molecule has 0 saturated heterocycles. The Hall–Kier alpha value is -4.24. The highest BCUT2D eigenvalue weighted by molar-refractivity contribution is 5.94. The van der Waals surface area contributed by atoms with Gasteiger partial charge in [-0.05, 0) is 45.5 Å². The Kier molecular flexibility index (Phi) is 5.45. The lowest BCUT2D eigenvalue weighted by molar-refractivity contribution is 0.619. The molecule has 1 aliphatic rings. The van der Waals surface area contributed by atoms with Crippen LogP contribution in [-0.4, -0.2) is 7.05 Å². The molecule has 0 fully saturated rings. The zero-order valence-electron chi connectivity index (χ0n) is 21.1. The second-order valence-electron chi connectivity index (χ2n) is 10.1. The highest BCUT2D eigenvalue weighted by Crippen LogP contribution is 2.53. The fraction of sp³-hybridized carbons (Fsp3) is 0.118. The third kappa shape index (κ3) is 3.57. The molecule has 0 amide bonds. The number of para-hydroxylation sites is 1. The maximum Gasteiger partial charge on any atom is 0.155 e. The number of halogens is 2. The van der Waals surface area contributed by atoms with Crippen molar-refractivity contribution in [2.45, 2.75) is 19.3 Å². The van der Waals surface area contributed by atoms with Gasteiger partial charge in [0.2, 0.25) is 0 Å². The average molecular weight is 488 g/mol. The number of benzene rings is 5. The van der Waals surface area contributed by atoms with E-state index in [9.17, 15) is 4.39 Å². The lowest BCUT2D eigenvalue weighted by Gasteiger charge is -2.29. The summed E-state index contributed by atoms with van der Waals surface area (Å²) in [4.78, 5) is 1.64. The molecule has 1 aliphatic carbocycles. The Labute approximate surface area is 216 Å². The van der Waals surface area contributed by atoms with Crippen molar-refractivity contribution < 1.29 is 8.78 Å². The number of anilines is 2. The van der Waals surface area contributed by atoms with Crippen molar-refractivity contribution in [1.82, 2.24) is 0 Å². The predicted molar refractivity (Wildman–Crippen MR) is 149 cm³/mol. The molecule has 0 unspecified atom stereocenters. The summed E-state index contributed by atoms with van der Waals surface area (Å²) in [6.07, 6.45) is 0. The first-order valence-corrected chi connectivity index (χ1v) is 12.5. The SMILES string of the molecule is CN(c1ccccc1F)c1c(-c2cccc3c2C(C)(C)c2ccccc2-3)ccc(-c2ccccc2)c1F. The maximum atomic E-state index is 16.6. The summed E-state index contributed by atoms with van der Waals surface area (Å²) in [7, 11) is 1.73. The molecule has 6 rings (SSSR count). The van der Waals surface area contributed by atoms with E-state index in [1.54, 1.807) is 30.1 Å². The standard InChI is InChI=1S/C34H27F2N/c1-34(2)28-17-8-7-14-24(28)25-15-11-16-26(31(25)34)27-21-20-23(22-12-5-4-6-13-22)32(36)33(27)37(3)30-19-10-9-18-29(30)35/h4-21H,1-3H3. The lowest BCUT2D eigenvalue weighted by Crippen LogP contribution is -2.18. The monoisotopic (exact) mass is 487 g/mol. The molecule has 5 aromatic carbocycles. The molecule has 0 spiro atoms. The van der Waals surface area contributed by atoms with E-state index in [1.165, 1.54) is 17.2 Å². The van der Waals surface area contributed by atoms with Gasteiger partial charge in [0.1, 0.15) is 5.82 Å². The van der Waals surface area contributed by atoms with Crippen molar-refractivity contribution in [2.75, 3.05) is 11.9 Å². The summed E-state index contributed by atoms with van der Waals surface area (Å²) in [6.45, 7) is 4.44. The number of rotatable bonds is 4. The highest BCUT2D eigenvalue weighted by Gasteiger charge is 2.38. The van der Waals surface area contributed by atoms with Crippen LogP contribution < -0.4 is 4.90 Å². The molecule has 0 aromatic heterocycles. The fourth-order valence-corrected chi connectivity index (χ4v) is 5.87. The molecule has 5 aromatic rings. The summed E-state index contributed by atoms with van der Waals surface area (Å²) in [5.41, 5.74) is 8.13. The maximum absolute atomic E-state index is 16.6. The van der Waals surface area contributed by atoms with E-state index in [0.717, 1.165) is 27.8 Å². The fourth-order valence-electron chi connectivity index (χ4n) is 5.87. The van der Waals surface area contributed by atoms with Gasteiger partial charge in [0.25, 0.3) is 0 Å². The minimum atomic E-state index is -0.397. The third-order valence-corrected chi connectivity index (χ3v) is 7.62. The molecule has 0 radical (unpaired) electrons. The van der Waals surface area contributed by atoms with Crippen LogP contribution in [-0.2, 0) is 5.41 Å². The summed E-state index contributed by atoms with van der Waals surface area (Å²) in [5, 5.41) is 0. The summed E-state index contributed by atoms with van der Waals surface area (Å²) in [5.74, 6) is -0.771. The van der Waals surface area contributed by atoms with E-state index < -0.39 is 5.82 Å². The Morgan fingerprint density at radius 3 is 1.92 bits per heavy atom. The van der Waals surface area contributed by atoms with Crippen molar-refractivity contribution in [2.24, 2.45) is 0 Å². The van der Waals surface area contributed by atoms with Gasteiger partial charge in [-0.2, -0.15) is 0 Å². The largest absolute Gasteiger partial charge is 0.339 e. The van der Waals surface area contributed by atoms with E-state index in [2.05, 4.69) is 50.2 Å². The molecule has 0 aliphatic heterocycles. The lowest BCUT2D eigenvalue weighted by atomic mass is 9.78. The quantitative estimate of drug-likeness (QED) is 0.244. The number of fused-ring (bicyclic) bond motifs is 3. The van der Waals surface area contributed by atoms with Crippen LogP contribution in [0.15, 0.2) is 109 Å². The van der Waals surface area contributed by atoms with Crippen LogP contribution in [0.4, 0.5) is 20.2 Å². The first-order chi connectivity index (χ1) is 17.9. The van der Waals surface area contributed by atoms with Crippen LogP contribution in [0.5, 0.6) is 0 Å². The molecule has 0 heterocycles. The van der Waals surface area contributed by atoms with Crippen molar-refractivity contribution >= 4 is 11.4 Å². The molecule has 0 N–H and O–H groups in total. The van der Waals surface area contributed by atoms with Crippen molar-refractivity contribution in [1.29, 1.82) is 0 Å². The van der Waals surface area contributed by atoms with Gasteiger partial charge in [0.15, 0.2) is 5.82 Å². The highest BCUT2D eigenvalue weighted by atomic mass is 19.1. The van der Waals surface area contributed by atoms with E-state index in [0.29, 0.717) is 16.9 Å². The summed E-state index contributed by atoms with van der Waals surface area (Å²) in [6, 6.07) is 34.5. The van der Waals surface area contributed by atoms with E-state index in [4.69, 9.17) is 0 Å². The van der Waals surface area contributed by atoms with Crippen LogP contribution in [0.25, 0.3) is 33.4 Å². The van der Waals surface area contributed by atoms with Crippen LogP contribution in [0.1, 0.15) is 25.0 Å². The van der Waals surface area contributed by atoms with Crippen molar-refractivity contribution in [3.63, 3.8) is 0 Å². The smallest absolute Gasteiger partial charge is 0.155 e. The first kappa shape index (κ1) is 23.2. The Morgan fingerprint density at radius 2 is 1.16 bits per heavy atom. The average Bonchev–Trinajstić information content (AvgIpc) is 3.16. The van der Waals surface area contributed by atoms with Gasteiger partial charge < -0.3 is 4.90 Å². The van der Waals surface area contributed by atoms with E-state index >= 15 is 4.39 Å². The Morgan fingerprint density at radius 1 is 0.568 bits per heavy atom. The minimum absolute atomic E-state index is 0.273. The Balaban J connectivity index is 1.65. The molecular weight excluding hydrogens is 460 g/mol. The van der Waals surface area contributed by atoms with Gasteiger partial charge >= 0.3 is 0 Å².